The quantitative estimate of drug-likeness (QED) is 0.334. The van der Waals surface area contributed by atoms with Crippen molar-refractivity contribution in [3.05, 3.63) is 48.5 Å². The van der Waals surface area contributed by atoms with Crippen molar-refractivity contribution in [3.8, 4) is 5.75 Å². The summed E-state index contributed by atoms with van der Waals surface area (Å²) in [5.74, 6) is -0.0705. The van der Waals surface area contributed by atoms with Crippen LogP contribution in [0.1, 0.15) is 51.9 Å². The SMILES string of the molecule is CCC(Sc1nc2ccccc2[nH]1)C(=O)N(C1CCCCC1)C1CC(=O)N(c2ccc(OC)cc2)C1=O. The van der Waals surface area contributed by atoms with Crippen molar-refractivity contribution in [1.29, 1.82) is 0 Å². The molecule has 2 atom stereocenters. The Bertz CT molecular complexity index is 1250. The topological polar surface area (TPSA) is 95.6 Å². The van der Waals surface area contributed by atoms with E-state index in [1.165, 1.54) is 16.7 Å². The van der Waals surface area contributed by atoms with Gasteiger partial charge >= 0.3 is 0 Å². The molecule has 2 fully saturated rings. The normalized spacial score (nSPS) is 19.4. The summed E-state index contributed by atoms with van der Waals surface area (Å²) in [6, 6.07) is 13.8. The molecular weight excluding hydrogens is 488 g/mol. The molecule has 8 nitrogen and oxygen atoms in total. The maximum Gasteiger partial charge on any atom is 0.257 e. The zero-order valence-electron chi connectivity index (χ0n) is 21.2. The fraction of sp³-hybridized carbons (Fsp3) is 0.429. The van der Waals surface area contributed by atoms with Crippen molar-refractivity contribution in [2.45, 2.75) is 74.4 Å². The van der Waals surface area contributed by atoms with Crippen LogP contribution >= 0.6 is 11.8 Å². The van der Waals surface area contributed by atoms with E-state index < -0.39 is 11.3 Å². The first-order valence-electron chi connectivity index (χ1n) is 12.9. The second kappa shape index (κ2) is 11.0. The molecule has 0 bridgehead atoms. The van der Waals surface area contributed by atoms with Gasteiger partial charge in [-0.05, 0) is 55.7 Å². The average molecular weight is 521 g/mol. The van der Waals surface area contributed by atoms with Gasteiger partial charge in [-0.2, -0.15) is 0 Å². The zero-order valence-corrected chi connectivity index (χ0v) is 22.0. The largest absolute Gasteiger partial charge is 0.497 e. The van der Waals surface area contributed by atoms with Crippen LogP contribution in [0.5, 0.6) is 5.75 Å². The Morgan fingerprint density at radius 3 is 2.54 bits per heavy atom. The van der Waals surface area contributed by atoms with Crippen molar-refractivity contribution in [3.63, 3.8) is 0 Å². The first kappa shape index (κ1) is 25.3. The molecule has 1 saturated heterocycles. The summed E-state index contributed by atoms with van der Waals surface area (Å²) in [4.78, 5) is 51.9. The van der Waals surface area contributed by atoms with Crippen molar-refractivity contribution >= 4 is 46.2 Å². The lowest BCUT2D eigenvalue weighted by Gasteiger charge is -2.39. The highest BCUT2D eigenvalue weighted by Gasteiger charge is 2.47. The fourth-order valence-electron chi connectivity index (χ4n) is 5.38. The summed E-state index contributed by atoms with van der Waals surface area (Å²) in [5.41, 5.74) is 2.27. The van der Waals surface area contributed by atoms with Gasteiger partial charge in [-0.25, -0.2) is 9.88 Å². The van der Waals surface area contributed by atoms with Gasteiger partial charge in [0, 0.05) is 6.04 Å². The molecule has 1 aliphatic carbocycles. The number of para-hydroxylation sites is 2. The monoisotopic (exact) mass is 520 g/mol. The number of hydrogen-bond donors (Lipinski definition) is 1. The number of H-pyrrole nitrogens is 1. The molecule has 37 heavy (non-hydrogen) atoms. The molecule has 0 radical (unpaired) electrons. The lowest BCUT2D eigenvalue weighted by Crippen LogP contribution is -2.53. The van der Waals surface area contributed by atoms with E-state index >= 15 is 0 Å². The number of carbonyl (C=O) groups excluding carboxylic acids is 3. The van der Waals surface area contributed by atoms with Gasteiger partial charge in [0.05, 0.1) is 35.5 Å². The van der Waals surface area contributed by atoms with E-state index in [2.05, 4.69) is 9.97 Å². The van der Waals surface area contributed by atoms with Crippen molar-refractivity contribution < 1.29 is 19.1 Å². The Labute approximate surface area is 220 Å². The minimum absolute atomic E-state index is 0.00115. The summed E-state index contributed by atoms with van der Waals surface area (Å²) in [6.45, 7) is 1.97. The number of imide groups is 1. The summed E-state index contributed by atoms with van der Waals surface area (Å²) >= 11 is 1.40. The first-order valence-corrected chi connectivity index (χ1v) is 13.8. The van der Waals surface area contributed by atoms with Crippen molar-refractivity contribution in [2.75, 3.05) is 12.0 Å². The van der Waals surface area contributed by atoms with E-state index in [1.807, 2.05) is 31.2 Å². The lowest BCUT2D eigenvalue weighted by molar-refractivity contribution is -0.141. The Hall–Kier alpha value is -3.33. The number of methoxy groups -OCH3 is 1. The van der Waals surface area contributed by atoms with Crippen LogP contribution in [-0.4, -0.2) is 57.0 Å². The van der Waals surface area contributed by atoms with Gasteiger partial charge in [0.2, 0.25) is 11.8 Å². The summed E-state index contributed by atoms with van der Waals surface area (Å²) in [5, 5.41) is 0.263. The Kier molecular flexibility index (Phi) is 7.50. The van der Waals surface area contributed by atoms with Crippen LogP contribution in [-0.2, 0) is 14.4 Å². The number of aromatic nitrogens is 2. The van der Waals surface area contributed by atoms with Gasteiger partial charge in [0.25, 0.3) is 5.91 Å². The molecule has 1 saturated carbocycles. The molecule has 5 rings (SSSR count). The summed E-state index contributed by atoms with van der Waals surface area (Å²) < 4.78 is 5.21. The summed E-state index contributed by atoms with van der Waals surface area (Å²) in [6.07, 6.45) is 5.42. The van der Waals surface area contributed by atoms with E-state index in [1.54, 1.807) is 36.3 Å². The number of thioether (sulfide) groups is 1. The van der Waals surface area contributed by atoms with Gasteiger partial charge in [-0.3, -0.25) is 14.4 Å². The first-order chi connectivity index (χ1) is 18.0. The van der Waals surface area contributed by atoms with Gasteiger partial charge in [-0.15, -0.1) is 0 Å². The molecular formula is C28H32N4O4S. The van der Waals surface area contributed by atoms with Crippen LogP contribution in [0.2, 0.25) is 0 Å². The number of imidazole rings is 1. The Morgan fingerprint density at radius 1 is 1.14 bits per heavy atom. The zero-order chi connectivity index (χ0) is 25.9. The third-order valence-corrected chi connectivity index (χ3v) is 8.52. The number of hydrogen-bond acceptors (Lipinski definition) is 6. The minimum atomic E-state index is -0.796. The van der Waals surface area contributed by atoms with E-state index in [4.69, 9.17) is 4.74 Å². The molecule has 3 amide bonds. The molecule has 2 aromatic carbocycles. The molecule has 2 unspecified atom stereocenters. The predicted molar refractivity (Wildman–Crippen MR) is 144 cm³/mol. The predicted octanol–water partition coefficient (Wildman–Crippen LogP) is 4.94. The van der Waals surface area contributed by atoms with Crippen molar-refractivity contribution in [1.82, 2.24) is 14.9 Å². The smallest absolute Gasteiger partial charge is 0.257 e. The van der Waals surface area contributed by atoms with E-state index in [0.29, 0.717) is 23.0 Å². The third kappa shape index (κ3) is 5.09. The Morgan fingerprint density at radius 2 is 1.86 bits per heavy atom. The number of benzene rings is 2. The molecule has 9 heteroatoms. The second-order valence-corrected chi connectivity index (χ2v) is 10.8. The van der Waals surface area contributed by atoms with Gasteiger partial charge < -0.3 is 14.6 Å². The van der Waals surface area contributed by atoms with E-state index in [9.17, 15) is 14.4 Å². The molecule has 3 aromatic rings. The van der Waals surface area contributed by atoms with Gasteiger partial charge in [0.1, 0.15) is 11.8 Å². The van der Waals surface area contributed by atoms with Crippen LogP contribution in [0.15, 0.2) is 53.7 Å². The average Bonchev–Trinajstić information content (AvgIpc) is 3.47. The van der Waals surface area contributed by atoms with Crippen molar-refractivity contribution in [2.24, 2.45) is 0 Å². The van der Waals surface area contributed by atoms with Crippen LogP contribution in [0.25, 0.3) is 11.0 Å². The highest BCUT2D eigenvalue weighted by atomic mass is 32.2. The fourth-order valence-corrected chi connectivity index (χ4v) is 6.36. The number of nitrogens with zero attached hydrogens (tertiary/aromatic N) is 3. The number of nitrogens with one attached hydrogen (secondary N) is 1. The standard InChI is InChI=1S/C28H32N4O4S/c1-3-24(37-28-29-21-11-7-8-12-22(21)30-28)27(35)31(18-9-5-4-6-10-18)23-17-25(33)32(26(23)34)19-13-15-20(36-2)16-14-19/h7-8,11-16,18,23-24H,3-6,9-10,17H2,1-2H3,(H,29,30). The van der Waals surface area contributed by atoms with Gasteiger partial charge in [0.15, 0.2) is 5.16 Å². The van der Waals surface area contributed by atoms with E-state index in [-0.39, 0.29) is 30.2 Å². The maximum atomic E-state index is 14.1. The molecule has 1 N–H and O–H groups in total. The van der Waals surface area contributed by atoms with Crippen LogP contribution in [0.4, 0.5) is 5.69 Å². The molecule has 1 aromatic heterocycles. The number of aromatic amines is 1. The number of amides is 3. The number of anilines is 1. The van der Waals surface area contributed by atoms with Crippen LogP contribution in [0, 0.1) is 0 Å². The number of ether oxygens (including phenoxy) is 1. The molecule has 2 aliphatic rings. The maximum absolute atomic E-state index is 14.1. The molecule has 2 heterocycles. The van der Waals surface area contributed by atoms with Crippen LogP contribution < -0.4 is 9.64 Å². The number of carbonyl (C=O) groups is 3. The third-order valence-electron chi connectivity index (χ3n) is 7.28. The van der Waals surface area contributed by atoms with E-state index in [0.717, 1.165) is 43.1 Å². The molecule has 0 spiro atoms. The number of fused-ring (bicyclic) bond motifs is 1. The highest BCUT2D eigenvalue weighted by molar-refractivity contribution is 8.00. The van der Waals surface area contributed by atoms with Gasteiger partial charge in [-0.1, -0.05) is 50.1 Å². The molecule has 1 aliphatic heterocycles. The second-order valence-electron chi connectivity index (χ2n) is 9.60. The lowest BCUT2D eigenvalue weighted by atomic mass is 9.92. The minimum Gasteiger partial charge on any atom is -0.497 e. The highest BCUT2D eigenvalue weighted by Crippen LogP contribution is 2.35. The van der Waals surface area contributed by atoms with Crippen LogP contribution in [0.3, 0.4) is 0 Å². The number of rotatable bonds is 8. The molecule has 194 valence electrons. The Balaban J connectivity index is 1.42. The summed E-state index contributed by atoms with van der Waals surface area (Å²) in [7, 11) is 1.57.